The minimum absolute atomic E-state index is 0.200. The van der Waals surface area contributed by atoms with E-state index in [4.69, 9.17) is 5.73 Å². The van der Waals surface area contributed by atoms with Gasteiger partial charge in [-0.1, -0.05) is 44.7 Å². The Kier molecular flexibility index (Phi) is 3.62. The molecule has 0 unspecified atom stereocenters. The van der Waals surface area contributed by atoms with Gasteiger partial charge in [-0.25, -0.2) is 4.98 Å². The van der Waals surface area contributed by atoms with Crippen molar-refractivity contribution >= 4 is 17.6 Å². The van der Waals surface area contributed by atoms with Crippen molar-refractivity contribution in [2.75, 3.05) is 5.73 Å². The molecule has 0 saturated heterocycles. The Hall–Kier alpha value is -1.48. The van der Waals surface area contributed by atoms with Crippen LogP contribution in [0.3, 0.4) is 0 Å². The molecule has 1 aromatic heterocycles. The molecule has 1 aromatic carbocycles. The molecule has 2 N–H and O–H groups in total. The van der Waals surface area contributed by atoms with Crippen molar-refractivity contribution in [3.05, 3.63) is 48.2 Å². The first-order chi connectivity index (χ1) is 8.45. The third kappa shape index (κ3) is 3.26. The molecule has 0 aliphatic carbocycles. The Morgan fingerprint density at radius 3 is 2.06 bits per heavy atom. The summed E-state index contributed by atoms with van der Waals surface area (Å²) in [5.41, 5.74) is 7.12. The predicted octanol–water partition coefficient (Wildman–Crippen LogP) is 4.11. The average molecular weight is 258 g/mol. The summed E-state index contributed by atoms with van der Waals surface area (Å²) in [6.45, 7) is 6.66. The number of pyridine rings is 1. The largest absolute Gasteiger partial charge is 0.384 e. The van der Waals surface area contributed by atoms with Crippen LogP contribution in [0.4, 0.5) is 5.82 Å². The zero-order valence-electron chi connectivity index (χ0n) is 11.0. The molecule has 2 nitrogen and oxygen atoms in total. The van der Waals surface area contributed by atoms with Gasteiger partial charge in [0.2, 0.25) is 0 Å². The summed E-state index contributed by atoms with van der Waals surface area (Å²) in [5.74, 6) is 0.558. The highest BCUT2D eigenvalue weighted by Gasteiger charge is 2.12. The van der Waals surface area contributed by atoms with Crippen molar-refractivity contribution in [2.45, 2.75) is 36.0 Å². The fourth-order valence-electron chi connectivity index (χ4n) is 1.61. The maximum Gasteiger partial charge on any atom is 0.123 e. The van der Waals surface area contributed by atoms with Crippen molar-refractivity contribution in [2.24, 2.45) is 0 Å². The minimum Gasteiger partial charge on any atom is -0.384 e. The molecule has 0 fully saturated rings. The third-order valence-electron chi connectivity index (χ3n) is 2.72. The molecular weight excluding hydrogens is 240 g/mol. The van der Waals surface area contributed by atoms with E-state index in [1.54, 1.807) is 18.0 Å². The summed E-state index contributed by atoms with van der Waals surface area (Å²) < 4.78 is 0. The molecule has 94 valence electrons. The molecule has 2 aromatic rings. The van der Waals surface area contributed by atoms with Crippen LogP contribution in [0, 0.1) is 0 Å². The first kappa shape index (κ1) is 13.0. The van der Waals surface area contributed by atoms with E-state index in [0.717, 1.165) is 4.90 Å². The standard InChI is InChI=1S/C15H18N2S/c1-15(2,3)11-4-6-12(7-5-11)18-13-8-9-14(16)17-10-13/h4-10H,1-3H3,(H2,16,17). The van der Waals surface area contributed by atoms with E-state index in [-0.39, 0.29) is 5.41 Å². The number of nitrogens with two attached hydrogens (primary N) is 1. The molecule has 18 heavy (non-hydrogen) atoms. The van der Waals surface area contributed by atoms with Gasteiger partial charge in [-0.3, -0.25) is 0 Å². The number of nitrogen functional groups attached to an aromatic ring is 1. The molecule has 0 atom stereocenters. The van der Waals surface area contributed by atoms with Crippen molar-refractivity contribution in [1.29, 1.82) is 0 Å². The lowest BCUT2D eigenvalue weighted by atomic mass is 9.87. The summed E-state index contributed by atoms with van der Waals surface area (Å²) in [6, 6.07) is 12.5. The van der Waals surface area contributed by atoms with Crippen molar-refractivity contribution in [3.8, 4) is 0 Å². The van der Waals surface area contributed by atoms with E-state index in [1.807, 2.05) is 12.1 Å². The van der Waals surface area contributed by atoms with Crippen LogP contribution in [-0.4, -0.2) is 4.98 Å². The van der Waals surface area contributed by atoms with Crippen molar-refractivity contribution in [1.82, 2.24) is 4.98 Å². The Morgan fingerprint density at radius 2 is 1.56 bits per heavy atom. The van der Waals surface area contributed by atoms with Gasteiger partial charge in [0.05, 0.1) is 0 Å². The van der Waals surface area contributed by atoms with E-state index in [2.05, 4.69) is 50.0 Å². The summed E-state index contributed by atoms with van der Waals surface area (Å²) in [4.78, 5) is 6.41. The van der Waals surface area contributed by atoms with Crippen molar-refractivity contribution < 1.29 is 0 Å². The zero-order chi connectivity index (χ0) is 13.2. The van der Waals surface area contributed by atoms with Gasteiger partial charge in [-0.05, 0) is 35.2 Å². The number of benzene rings is 1. The second kappa shape index (κ2) is 5.02. The Bertz CT molecular complexity index is 510. The predicted molar refractivity (Wildman–Crippen MR) is 77.9 cm³/mol. The molecule has 0 bridgehead atoms. The summed E-state index contributed by atoms with van der Waals surface area (Å²) in [5, 5.41) is 0. The fraction of sp³-hybridized carbons (Fsp3) is 0.267. The first-order valence-corrected chi connectivity index (χ1v) is 6.77. The summed E-state index contributed by atoms with van der Waals surface area (Å²) in [7, 11) is 0. The summed E-state index contributed by atoms with van der Waals surface area (Å²) >= 11 is 1.70. The Morgan fingerprint density at radius 1 is 0.944 bits per heavy atom. The highest BCUT2D eigenvalue weighted by atomic mass is 32.2. The van der Waals surface area contributed by atoms with Gasteiger partial charge in [0.1, 0.15) is 5.82 Å². The highest BCUT2D eigenvalue weighted by molar-refractivity contribution is 7.99. The van der Waals surface area contributed by atoms with Crippen LogP contribution in [0.2, 0.25) is 0 Å². The SMILES string of the molecule is CC(C)(C)c1ccc(Sc2ccc(N)nc2)cc1. The van der Waals surface area contributed by atoms with Crippen LogP contribution in [0.5, 0.6) is 0 Å². The highest BCUT2D eigenvalue weighted by Crippen LogP contribution is 2.30. The van der Waals surface area contributed by atoms with Crippen LogP contribution >= 0.6 is 11.8 Å². The van der Waals surface area contributed by atoms with E-state index in [1.165, 1.54) is 10.5 Å². The van der Waals surface area contributed by atoms with E-state index in [9.17, 15) is 0 Å². The normalized spacial score (nSPS) is 11.5. The van der Waals surface area contributed by atoms with Gasteiger partial charge >= 0.3 is 0 Å². The molecular formula is C15H18N2S. The molecule has 0 amide bonds. The lowest BCUT2D eigenvalue weighted by molar-refractivity contribution is 0.590. The van der Waals surface area contributed by atoms with Gasteiger partial charge < -0.3 is 5.73 Å². The first-order valence-electron chi connectivity index (χ1n) is 5.95. The molecule has 0 aliphatic heterocycles. The molecule has 0 radical (unpaired) electrons. The van der Waals surface area contributed by atoms with Gasteiger partial charge in [0.25, 0.3) is 0 Å². The van der Waals surface area contributed by atoms with E-state index < -0.39 is 0 Å². The smallest absolute Gasteiger partial charge is 0.123 e. The Balaban J connectivity index is 2.13. The minimum atomic E-state index is 0.200. The number of aromatic nitrogens is 1. The maximum absolute atomic E-state index is 5.57. The van der Waals surface area contributed by atoms with E-state index in [0.29, 0.717) is 5.82 Å². The third-order valence-corrected chi connectivity index (χ3v) is 3.70. The number of hydrogen-bond acceptors (Lipinski definition) is 3. The molecule has 3 heteroatoms. The zero-order valence-corrected chi connectivity index (χ0v) is 11.8. The van der Waals surface area contributed by atoms with Crippen LogP contribution in [0.1, 0.15) is 26.3 Å². The van der Waals surface area contributed by atoms with Gasteiger partial charge in [0, 0.05) is 16.0 Å². The van der Waals surface area contributed by atoms with Crippen LogP contribution in [0.15, 0.2) is 52.4 Å². The molecule has 0 saturated carbocycles. The number of rotatable bonds is 2. The molecule has 1 heterocycles. The number of nitrogens with zero attached hydrogens (tertiary/aromatic N) is 1. The van der Waals surface area contributed by atoms with Crippen LogP contribution in [-0.2, 0) is 5.41 Å². The molecule has 2 rings (SSSR count). The lowest BCUT2D eigenvalue weighted by Crippen LogP contribution is -2.10. The number of anilines is 1. The van der Waals surface area contributed by atoms with Crippen molar-refractivity contribution in [3.63, 3.8) is 0 Å². The topological polar surface area (TPSA) is 38.9 Å². The van der Waals surface area contributed by atoms with Gasteiger partial charge in [-0.2, -0.15) is 0 Å². The quantitative estimate of drug-likeness (QED) is 0.881. The lowest BCUT2D eigenvalue weighted by Gasteiger charge is -2.19. The van der Waals surface area contributed by atoms with Gasteiger partial charge in [0.15, 0.2) is 0 Å². The van der Waals surface area contributed by atoms with Crippen LogP contribution in [0.25, 0.3) is 0 Å². The maximum atomic E-state index is 5.57. The summed E-state index contributed by atoms with van der Waals surface area (Å²) in [6.07, 6.45) is 1.80. The van der Waals surface area contributed by atoms with Crippen LogP contribution < -0.4 is 5.73 Å². The number of hydrogen-bond donors (Lipinski definition) is 1. The van der Waals surface area contributed by atoms with Gasteiger partial charge in [-0.15, -0.1) is 0 Å². The second-order valence-corrected chi connectivity index (χ2v) is 6.44. The Labute approximate surface area is 113 Å². The monoisotopic (exact) mass is 258 g/mol. The van der Waals surface area contributed by atoms with E-state index >= 15 is 0 Å². The second-order valence-electron chi connectivity index (χ2n) is 5.30. The fourth-order valence-corrected chi connectivity index (χ4v) is 2.40. The average Bonchev–Trinajstić information content (AvgIpc) is 2.32. The molecule has 0 spiro atoms. The molecule has 0 aliphatic rings.